The van der Waals surface area contributed by atoms with E-state index in [2.05, 4.69) is 26.6 Å². The molecular formula is C13H18BrN3O. The maximum atomic E-state index is 11.9. The molecule has 1 aromatic carbocycles. The SMILES string of the molecule is Cc1cc(Br)cc(N)c1NC(=O)NC1CCCC1. The molecule has 1 saturated carbocycles. The number of carbonyl (C=O) groups is 1. The van der Waals surface area contributed by atoms with E-state index in [0.717, 1.165) is 22.9 Å². The quantitative estimate of drug-likeness (QED) is 0.733. The van der Waals surface area contributed by atoms with E-state index >= 15 is 0 Å². The Bertz CT molecular complexity index is 433. The van der Waals surface area contributed by atoms with Crippen LogP contribution in [-0.4, -0.2) is 12.1 Å². The first-order chi connectivity index (χ1) is 8.56. The highest BCUT2D eigenvalue weighted by molar-refractivity contribution is 9.10. The van der Waals surface area contributed by atoms with Crippen LogP contribution in [0.15, 0.2) is 16.6 Å². The van der Waals surface area contributed by atoms with Crippen molar-refractivity contribution in [3.8, 4) is 0 Å². The van der Waals surface area contributed by atoms with Gasteiger partial charge in [0.2, 0.25) is 0 Å². The summed E-state index contributed by atoms with van der Waals surface area (Å²) < 4.78 is 0.916. The third kappa shape index (κ3) is 3.16. The number of halogens is 1. The fourth-order valence-corrected chi connectivity index (χ4v) is 2.93. The molecule has 4 N–H and O–H groups in total. The molecule has 98 valence electrons. The number of nitrogen functional groups attached to an aromatic ring is 1. The van der Waals surface area contributed by atoms with Gasteiger partial charge in [-0.1, -0.05) is 28.8 Å². The lowest BCUT2D eigenvalue weighted by molar-refractivity contribution is 0.248. The molecule has 1 aromatic rings. The molecule has 1 aliphatic rings. The molecule has 4 nitrogen and oxygen atoms in total. The predicted octanol–water partition coefficient (Wildman–Crippen LogP) is 3.40. The second-order valence-corrected chi connectivity index (χ2v) is 5.68. The van der Waals surface area contributed by atoms with Crippen molar-refractivity contribution in [2.45, 2.75) is 38.6 Å². The number of amides is 2. The number of hydrogen-bond donors (Lipinski definition) is 3. The molecule has 0 aliphatic heterocycles. The van der Waals surface area contributed by atoms with Crippen molar-refractivity contribution in [2.24, 2.45) is 0 Å². The van der Waals surface area contributed by atoms with E-state index in [1.54, 1.807) is 6.07 Å². The van der Waals surface area contributed by atoms with Crippen molar-refractivity contribution in [3.05, 3.63) is 22.2 Å². The third-order valence-corrected chi connectivity index (χ3v) is 3.72. The number of aryl methyl sites for hydroxylation is 1. The van der Waals surface area contributed by atoms with Gasteiger partial charge in [0.1, 0.15) is 0 Å². The zero-order valence-corrected chi connectivity index (χ0v) is 12.0. The van der Waals surface area contributed by atoms with E-state index in [4.69, 9.17) is 5.73 Å². The van der Waals surface area contributed by atoms with Crippen molar-refractivity contribution < 1.29 is 4.79 Å². The van der Waals surface area contributed by atoms with Crippen LogP contribution in [0.3, 0.4) is 0 Å². The zero-order valence-electron chi connectivity index (χ0n) is 10.4. The lowest BCUT2D eigenvalue weighted by Crippen LogP contribution is -2.36. The van der Waals surface area contributed by atoms with E-state index < -0.39 is 0 Å². The first-order valence-electron chi connectivity index (χ1n) is 6.19. The van der Waals surface area contributed by atoms with Crippen LogP contribution in [-0.2, 0) is 0 Å². The number of rotatable bonds is 2. The standard InChI is InChI=1S/C13H18BrN3O/c1-8-6-9(14)7-11(15)12(8)17-13(18)16-10-4-2-3-5-10/h6-7,10H,2-5,15H2,1H3,(H2,16,17,18). The molecule has 2 rings (SSSR count). The molecule has 0 unspecified atom stereocenters. The number of urea groups is 1. The average Bonchev–Trinajstić information content (AvgIpc) is 2.76. The van der Waals surface area contributed by atoms with E-state index in [1.165, 1.54) is 12.8 Å². The summed E-state index contributed by atoms with van der Waals surface area (Å²) in [6.45, 7) is 1.92. The lowest BCUT2D eigenvalue weighted by atomic mass is 10.1. The number of nitrogens with two attached hydrogens (primary N) is 1. The molecular weight excluding hydrogens is 294 g/mol. The topological polar surface area (TPSA) is 67.1 Å². The molecule has 0 saturated heterocycles. The van der Waals surface area contributed by atoms with Crippen LogP contribution in [0.5, 0.6) is 0 Å². The highest BCUT2D eigenvalue weighted by Crippen LogP contribution is 2.27. The van der Waals surface area contributed by atoms with Crippen molar-refractivity contribution in [1.82, 2.24) is 5.32 Å². The normalized spacial score (nSPS) is 15.7. The molecule has 1 fully saturated rings. The predicted molar refractivity (Wildman–Crippen MR) is 77.7 cm³/mol. The summed E-state index contributed by atoms with van der Waals surface area (Å²) >= 11 is 3.38. The van der Waals surface area contributed by atoms with Gasteiger partial charge in [-0.15, -0.1) is 0 Å². The second kappa shape index (κ2) is 5.61. The summed E-state index contributed by atoms with van der Waals surface area (Å²) in [5.41, 5.74) is 8.12. The molecule has 0 heterocycles. The van der Waals surface area contributed by atoms with Gasteiger partial charge in [0.05, 0.1) is 11.4 Å². The Morgan fingerprint density at radius 1 is 1.39 bits per heavy atom. The van der Waals surface area contributed by atoms with Gasteiger partial charge in [0, 0.05) is 10.5 Å². The molecule has 0 atom stereocenters. The minimum atomic E-state index is -0.168. The molecule has 0 spiro atoms. The Balaban J connectivity index is 2.02. The number of carbonyl (C=O) groups excluding carboxylic acids is 1. The zero-order chi connectivity index (χ0) is 13.1. The first kappa shape index (κ1) is 13.2. The molecule has 5 heteroatoms. The lowest BCUT2D eigenvalue weighted by Gasteiger charge is -2.15. The maximum Gasteiger partial charge on any atom is 0.319 e. The number of hydrogen-bond acceptors (Lipinski definition) is 2. The Morgan fingerprint density at radius 3 is 2.67 bits per heavy atom. The monoisotopic (exact) mass is 311 g/mol. The summed E-state index contributed by atoms with van der Waals surface area (Å²) in [5, 5.41) is 5.82. The average molecular weight is 312 g/mol. The van der Waals surface area contributed by atoms with E-state index in [0.29, 0.717) is 17.4 Å². The van der Waals surface area contributed by atoms with Gasteiger partial charge in [-0.2, -0.15) is 0 Å². The van der Waals surface area contributed by atoms with Crippen LogP contribution in [0, 0.1) is 6.92 Å². The summed E-state index contributed by atoms with van der Waals surface area (Å²) in [6, 6.07) is 3.86. The smallest absolute Gasteiger partial charge is 0.319 e. The Hall–Kier alpha value is -1.23. The minimum absolute atomic E-state index is 0.168. The Morgan fingerprint density at radius 2 is 2.06 bits per heavy atom. The van der Waals surface area contributed by atoms with Crippen molar-refractivity contribution in [3.63, 3.8) is 0 Å². The summed E-state index contributed by atoms with van der Waals surface area (Å²) in [6.07, 6.45) is 4.54. The molecule has 18 heavy (non-hydrogen) atoms. The van der Waals surface area contributed by atoms with Crippen molar-refractivity contribution in [1.29, 1.82) is 0 Å². The van der Waals surface area contributed by atoms with Crippen molar-refractivity contribution in [2.75, 3.05) is 11.1 Å². The Labute approximate surface area is 115 Å². The molecule has 0 aromatic heterocycles. The van der Waals surface area contributed by atoms with Crippen LogP contribution in [0.2, 0.25) is 0 Å². The molecule has 0 radical (unpaired) electrons. The van der Waals surface area contributed by atoms with Crippen LogP contribution < -0.4 is 16.4 Å². The van der Waals surface area contributed by atoms with Crippen LogP contribution in [0.25, 0.3) is 0 Å². The molecule has 0 bridgehead atoms. The van der Waals surface area contributed by atoms with E-state index in [-0.39, 0.29) is 6.03 Å². The minimum Gasteiger partial charge on any atom is -0.397 e. The summed E-state index contributed by atoms with van der Waals surface area (Å²) in [7, 11) is 0. The van der Waals surface area contributed by atoms with Gasteiger partial charge < -0.3 is 16.4 Å². The number of benzene rings is 1. The fourth-order valence-electron chi connectivity index (χ4n) is 2.34. The number of anilines is 2. The van der Waals surface area contributed by atoms with Gasteiger partial charge >= 0.3 is 6.03 Å². The first-order valence-corrected chi connectivity index (χ1v) is 6.98. The maximum absolute atomic E-state index is 11.9. The fraction of sp³-hybridized carbons (Fsp3) is 0.462. The van der Waals surface area contributed by atoms with Crippen molar-refractivity contribution >= 4 is 33.3 Å². The van der Waals surface area contributed by atoms with Crippen LogP contribution in [0.4, 0.5) is 16.2 Å². The third-order valence-electron chi connectivity index (χ3n) is 3.26. The Kier molecular flexibility index (Phi) is 4.11. The van der Waals surface area contributed by atoms with Gasteiger partial charge in [-0.05, 0) is 37.5 Å². The van der Waals surface area contributed by atoms with Gasteiger partial charge in [0.15, 0.2) is 0 Å². The highest BCUT2D eigenvalue weighted by Gasteiger charge is 2.17. The van der Waals surface area contributed by atoms with Crippen LogP contribution in [0.1, 0.15) is 31.2 Å². The molecule has 2 amide bonds. The van der Waals surface area contributed by atoms with E-state index in [9.17, 15) is 4.79 Å². The van der Waals surface area contributed by atoms with Gasteiger partial charge in [-0.3, -0.25) is 0 Å². The number of nitrogens with one attached hydrogen (secondary N) is 2. The largest absolute Gasteiger partial charge is 0.397 e. The van der Waals surface area contributed by atoms with Crippen LogP contribution >= 0.6 is 15.9 Å². The second-order valence-electron chi connectivity index (χ2n) is 4.77. The summed E-state index contributed by atoms with van der Waals surface area (Å²) in [4.78, 5) is 11.9. The summed E-state index contributed by atoms with van der Waals surface area (Å²) in [5.74, 6) is 0. The highest BCUT2D eigenvalue weighted by atomic mass is 79.9. The van der Waals surface area contributed by atoms with Gasteiger partial charge in [-0.25, -0.2) is 4.79 Å². The van der Waals surface area contributed by atoms with E-state index in [1.807, 2.05) is 13.0 Å². The van der Waals surface area contributed by atoms with Gasteiger partial charge in [0.25, 0.3) is 0 Å². The molecule has 1 aliphatic carbocycles.